The molecular formula is C32H33ClN5O5+. The van der Waals surface area contributed by atoms with Crippen molar-refractivity contribution in [1.82, 2.24) is 9.54 Å². The smallest absolute Gasteiger partial charge is 0.335 e. The van der Waals surface area contributed by atoms with Crippen molar-refractivity contribution in [3.63, 3.8) is 0 Å². The highest BCUT2D eigenvalue weighted by Gasteiger charge is 2.50. The molecule has 4 aromatic carbocycles. The normalized spacial score (nSPS) is 12.7. The second kappa shape index (κ2) is 14.8. The number of carboxylic acid groups (broad SMARTS) is 1. The molecule has 10 nitrogen and oxygen atoms in total. The van der Waals surface area contributed by atoms with Crippen molar-refractivity contribution in [3.8, 4) is 0 Å². The van der Waals surface area contributed by atoms with Crippen molar-refractivity contribution in [2.45, 2.75) is 31.9 Å². The summed E-state index contributed by atoms with van der Waals surface area (Å²) < 4.78 is 1.50. The Labute approximate surface area is 255 Å². The van der Waals surface area contributed by atoms with Crippen LogP contribution in [0.3, 0.4) is 0 Å². The molecule has 0 saturated carbocycles. The predicted octanol–water partition coefficient (Wildman–Crippen LogP) is 6.90. The van der Waals surface area contributed by atoms with E-state index in [1.807, 2.05) is 4.81 Å². The molecule has 0 atom stereocenters. The molecule has 0 radical (unpaired) electrons. The van der Waals surface area contributed by atoms with E-state index in [1.54, 1.807) is 6.07 Å². The topological polar surface area (TPSA) is 112 Å². The zero-order valence-corrected chi connectivity index (χ0v) is 24.5. The van der Waals surface area contributed by atoms with Crippen molar-refractivity contribution in [1.29, 1.82) is 0 Å². The number of carbonyl (C=O) groups is 1. The number of hydrazine groups is 1. The fourth-order valence-corrected chi connectivity index (χ4v) is 5.20. The standard InChI is InChI=1S/C24H26ClN4.C8H7NO5/c1-2-3-19-29-26-28(25)20-27(29)24(21-13-7-4-8-14-21,22-15-9-5-10-16-22)23-17-11-6-12-18-23;10-8(11)7-3-1-2-6(4-7)5-14-9(12)13/h4-18H,2-3,19-20H2,1H3;1-4H,5H2,(H,10,11)/q+1;. The number of hydrogen-bond donors (Lipinski definition) is 1. The van der Waals surface area contributed by atoms with E-state index in [1.165, 1.54) is 39.4 Å². The Morgan fingerprint density at radius 1 is 0.953 bits per heavy atom. The SMILES string of the molecule is CCCC[N+]1=NN(Cl)CN1C(c1ccccc1)(c1ccccc1)c1ccccc1.O=C(O)c1cccc(CO[N+](=O)[O-])c1. The second-order valence-electron chi connectivity index (χ2n) is 9.73. The van der Waals surface area contributed by atoms with Gasteiger partial charge in [-0.3, -0.25) is 0 Å². The fourth-order valence-electron chi connectivity index (χ4n) is 5.02. The molecule has 4 aromatic rings. The Kier molecular flexibility index (Phi) is 10.7. The molecule has 0 unspecified atom stereocenters. The summed E-state index contributed by atoms with van der Waals surface area (Å²) in [5.74, 6) is -1.08. The van der Waals surface area contributed by atoms with Gasteiger partial charge in [0.15, 0.2) is 17.3 Å². The Bertz CT molecular complexity index is 1430. The van der Waals surface area contributed by atoms with E-state index in [4.69, 9.17) is 16.9 Å². The minimum absolute atomic E-state index is 0.0782. The van der Waals surface area contributed by atoms with Gasteiger partial charge in [0, 0.05) is 0 Å². The quantitative estimate of drug-likeness (QED) is 0.0653. The lowest BCUT2D eigenvalue weighted by Crippen LogP contribution is -2.51. The number of hydrogen-bond acceptors (Lipinski definition) is 7. The van der Waals surface area contributed by atoms with E-state index >= 15 is 0 Å². The summed E-state index contributed by atoms with van der Waals surface area (Å²) in [4.78, 5) is 26.5. The zero-order chi connectivity index (χ0) is 30.7. The van der Waals surface area contributed by atoms with Crippen molar-refractivity contribution < 1.29 is 24.6 Å². The van der Waals surface area contributed by atoms with Crippen LogP contribution >= 0.6 is 11.8 Å². The summed E-state index contributed by atoms with van der Waals surface area (Å²) in [7, 11) is 0. The van der Waals surface area contributed by atoms with Gasteiger partial charge < -0.3 is 9.94 Å². The highest BCUT2D eigenvalue weighted by atomic mass is 35.5. The second-order valence-corrected chi connectivity index (χ2v) is 10.1. The summed E-state index contributed by atoms with van der Waals surface area (Å²) in [6.07, 6.45) is 2.14. The lowest BCUT2D eigenvalue weighted by molar-refractivity contribution is -0.763. The lowest BCUT2D eigenvalue weighted by atomic mass is 9.76. The van der Waals surface area contributed by atoms with Crippen molar-refractivity contribution >= 4 is 17.7 Å². The van der Waals surface area contributed by atoms with Crippen LogP contribution < -0.4 is 0 Å². The summed E-state index contributed by atoms with van der Waals surface area (Å²) in [6.45, 7) is 3.25. The molecule has 43 heavy (non-hydrogen) atoms. The molecule has 1 aliphatic rings. The highest BCUT2D eigenvalue weighted by Crippen LogP contribution is 2.44. The van der Waals surface area contributed by atoms with Gasteiger partial charge in [0.1, 0.15) is 18.4 Å². The molecule has 5 rings (SSSR count). The summed E-state index contributed by atoms with van der Waals surface area (Å²) in [5, 5.41) is 24.4. The monoisotopic (exact) mass is 602 g/mol. The highest BCUT2D eigenvalue weighted by molar-refractivity contribution is 6.13. The number of aromatic carboxylic acids is 1. The first-order valence-corrected chi connectivity index (χ1v) is 14.2. The van der Waals surface area contributed by atoms with Crippen molar-refractivity contribution in [2.24, 2.45) is 5.22 Å². The Hall–Kier alpha value is -4.96. The van der Waals surface area contributed by atoms with E-state index < -0.39 is 16.6 Å². The van der Waals surface area contributed by atoms with Crippen LogP contribution in [0.2, 0.25) is 0 Å². The van der Waals surface area contributed by atoms with Crippen LogP contribution in [0.4, 0.5) is 0 Å². The van der Waals surface area contributed by atoms with Gasteiger partial charge in [-0.05, 0) is 45.3 Å². The first-order chi connectivity index (χ1) is 20.9. The number of nitrogens with zero attached hydrogens (tertiary/aromatic N) is 5. The van der Waals surface area contributed by atoms with Crippen molar-refractivity contribution in [3.05, 3.63) is 153 Å². The molecule has 0 bridgehead atoms. The van der Waals surface area contributed by atoms with Gasteiger partial charge in [-0.1, -0.05) is 121 Å². The van der Waals surface area contributed by atoms with Gasteiger partial charge >= 0.3 is 5.97 Å². The van der Waals surface area contributed by atoms with Gasteiger partial charge in [-0.15, -0.1) is 10.1 Å². The van der Waals surface area contributed by atoms with E-state index in [-0.39, 0.29) is 12.2 Å². The van der Waals surface area contributed by atoms with Crippen LogP contribution in [0.15, 0.2) is 120 Å². The predicted molar refractivity (Wildman–Crippen MR) is 161 cm³/mol. The number of halogens is 1. The maximum atomic E-state index is 10.5. The molecule has 0 spiro atoms. The maximum absolute atomic E-state index is 10.5. The molecule has 0 saturated heterocycles. The van der Waals surface area contributed by atoms with Crippen molar-refractivity contribution in [2.75, 3.05) is 13.2 Å². The molecule has 1 heterocycles. The number of benzene rings is 4. The van der Waals surface area contributed by atoms with Crippen LogP contribution in [0.1, 0.15) is 52.4 Å². The largest absolute Gasteiger partial charge is 0.478 e. The van der Waals surface area contributed by atoms with Gasteiger partial charge in [-0.2, -0.15) is 5.01 Å². The van der Waals surface area contributed by atoms with Crippen LogP contribution in [-0.2, 0) is 17.0 Å². The maximum Gasteiger partial charge on any atom is 0.335 e. The summed E-state index contributed by atoms with van der Waals surface area (Å²) in [5.41, 5.74) is 3.52. The van der Waals surface area contributed by atoms with Gasteiger partial charge in [-0.25, -0.2) is 4.79 Å². The molecule has 0 fully saturated rings. The Morgan fingerprint density at radius 2 is 1.49 bits per heavy atom. The number of carboxylic acids is 1. The zero-order valence-electron chi connectivity index (χ0n) is 23.7. The average molecular weight is 603 g/mol. The van der Waals surface area contributed by atoms with E-state index in [0.29, 0.717) is 12.2 Å². The number of rotatable bonds is 11. The summed E-state index contributed by atoms with van der Waals surface area (Å²) >= 11 is 6.43. The molecule has 0 aromatic heterocycles. The van der Waals surface area contributed by atoms with E-state index in [0.717, 1.165) is 19.4 Å². The molecule has 11 heteroatoms. The molecular weight excluding hydrogens is 570 g/mol. The average Bonchev–Trinajstić information content (AvgIpc) is 3.41. The van der Waals surface area contributed by atoms with Crippen LogP contribution in [0, 0.1) is 10.1 Å². The Balaban J connectivity index is 0.000000255. The molecule has 1 N–H and O–H groups in total. The molecule has 0 aliphatic carbocycles. The van der Waals surface area contributed by atoms with Crippen LogP contribution in [-0.4, -0.2) is 43.7 Å². The van der Waals surface area contributed by atoms with Crippen LogP contribution in [0.5, 0.6) is 0 Å². The third-order valence-electron chi connectivity index (χ3n) is 6.91. The first kappa shape index (κ1) is 31.0. The fraction of sp³-hybridized carbons (Fsp3) is 0.219. The lowest BCUT2D eigenvalue weighted by Gasteiger charge is -2.40. The van der Waals surface area contributed by atoms with Crippen LogP contribution in [0.25, 0.3) is 0 Å². The Morgan fingerprint density at radius 3 is 1.95 bits per heavy atom. The minimum atomic E-state index is -1.08. The molecule has 1 aliphatic heterocycles. The third kappa shape index (κ3) is 7.47. The van der Waals surface area contributed by atoms with E-state index in [2.05, 4.69) is 113 Å². The first-order valence-electron chi connectivity index (χ1n) is 13.8. The molecule has 0 amide bonds. The summed E-state index contributed by atoms with van der Waals surface area (Å²) in [6, 6.07) is 37.7. The third-order valence-corrected chi connectivity index (χ3v) is 7.09. The van der Waals surface area contributed by atoms with Gasteiger partial charge in [0.25, 0.3) is 5.09 Å². The van der Waals surface area contributed by atoms with E-state index in [9.17, 15) is 14.9 Å². The molecule has 222 valence electrons. The van der Waals surface area contributed by atoms with Gasteiger partial charge in [0.2, 0.25) is 6.67 Å². The van der Waals surface area contributed by atoms with Gasteiger partial charge in [0.05, 0.1) is 5.56 Å². The number of unbranched alkanes of at least 4 members (excludes halogenated alkanes) is 1. The minimum Gasteiger partial charge on any atom is -0.478 e.